The van der Waals surface area contributed by atoms with E-state index < -0.39 is 5.92 Å². The molecule has 9 heteroatoms. The maximum Gasteiger partial charge on any atom is 0.203 e. The summed E-state index contributed by atoms with van der Waals surface area (Å²) < 4.78 is 16.6. The normalized spacial score (nSPS) is 19.1. The Labute approximate surface area is 191 Å². The molecule has 0 saturated carbocycles. The van der Waals surface area contributed by atoms with Crippen LogP contribution in [0.15, 0.2) is 28.6 Å². The van der Waals surface area contributed by atoms with Gasteiger partial charge in [0, 0.05) is 29.2 Å². The van der Waals surface area contributed by atoms with E-state index in [1.54, 1.807) is 21.3 Å². The molecule has 2 aromatic rings. The van der Waals surface area contributed by atoms with Crippen molar-refractivity contribution < 1.29 is 19.0 Å². The van der Waals surface area contributed by atoms with Crippen LogP contribution in [-0.4, -0.2) is 43.3 Å². The van der Waals surface area contributed by atoms with Crippen LogP contribution >= 0.6 is 11.8 Å². The molecule has 32 heavy (non-hydrogen) atoms. The Morgan fingerprint density at radius 2 is 1.75 bits per heavy atom. The standard InChI is InChI=1S/C23H28N4O4S/c1-23(2)9-12-17(13(28)10-23)16(18-20(24)26-22(32-6)27-21(18)25-12)11-7-14(29-3)19(31-5)15(8-11)30-4/h7-8,16H,9-10H2,1-6H3,(H3,24,25,26,27). The molecule has 0 spiro atoms. The second-order valence-corrected chi connectivity index (χ2v) is 9.48. The SMILES string of the molecule is COc1cc(C2C3=C(CC(C)(C)CC3=O)Nc3nc(SC)nc(N)c32)cc(OC)c1OC. The molecular weight excluding hydrogens is 428 g/mol. The van der Waals surface area contributed by atoms with Crippen LogP contribution in [0.1, 0.15) is 43.7 Å². The molecule has 170 valence electrons. The number of methoxy groups -OCH3 is 3. The molecule has 0 fully saturated rings. The average molecular weight is 457 g/mol. The van der Waals surface area contributed by atoms with E-state index in [9.17, 15) is 4.79 Å². The number of ketones is 1. The second-order valence-electron chi connectivity index (χ2n) is 8.71. The molecule has 1 unspecified atom stereocenters. The van der Waals surface area contributed by atoms with Gasteiger partial charge < -0.3 is 25.3 Å². The van der Waals surface area contributed by atoms with Gasteiger partial charge >= 0.3 is 0 Å². The summed E-state index contributed by atoms with van der Waals surface area (Å²) in [4.78, 5) is 22.6. The highest BCUT2D eigenvalue weighted by molar-refractivity contribution is 7.98. The largest absolute Gasteiger partial charge is 0.493 e. The summed E-state index contributed by atoms with van der Waals surface area (Å²) in [5, 5.41) is 3.98. The Morgan fingerprint density at radius 1 is 1.09 bits per heavy atom. The Bertz CT molecular complexity index is 1100. The van der Waals surface area contributed by atoms with E-state index in [4.69, 9.17) is 19.9 Å². The minimum absolute atomic E-state index is 0.0847. The molecule has 8 nitrogen and oxygen atoms in total. The number of allylic oxidation sites excluding steroid dienone is 2. The summed E-state index contributed by atoms with van der Waals surface area (Å²) in [6, 6.07) is 3.72. The zero-order chi connectivity index (χ0) is 23.2. The maximum absolute atomic E-state index is 13.4. The van der Waals surface area contributed by atoms with E-state index in [2.05, 4.69) is 29.1 Å². The number of nitrogens with one attached hydrogen (secondary N) is 1. The lowest BCUT2D eigenvalue weighted by Gasteiger charge is -2.39. The molecule has 4 rings (SSSR count). The molecular formula is C23H28N4O4S. The Hall–Kier alpha value is -2.94. The number of nitrogen functional groups attached to an aromatic ring is 1. The predicted molar refractivity (Wildman–Crippen MR) is 125 cm³/mol. The van der Waals surface area contributed by atoms with E-state index in [1.165, 1.54) is 11.8 Å². The number of anilines is 2. The van der Waals surface area contributed by atoms with Crippen molar-refractivity contribution in [3.63, 3.8) is 0 Å². The van der Waals surface area contributed by atoms with E-state index in [1.807, 2.05) is 18.4 Å². The van der Waals surface area contributed by atoms with Crippen molar-refractivity contribution in [3.8, 4) is 17.2 Å². The van der Waals surface area contributed by atoms with Crippen LogP contribution in [0.4, 0.5) is 11.6 Å². The first-order valence-corrected chi connectivity index (χ1v) is 11.5. The first-order valence-electron chi connectivity index (χ1n) is 10.3. The number of ether oxygens (including phenoxy) is 3. The Morgan fingerprint density at radius 3 is 2.31 bits per heavy atom. The monoisotopic (exact) mass is 456 g/mol. The molecule has 2 aliphatic rings. The molecule has 0 amide bonds. The maximum atomic E-state index is 13.4. The fourth-order valence-corrected chi connectivity index (χ4v) is 4.98. The van der Waals surface area contributed by atoms with Gasteiger partial charge in [-0.05, 0) is 35.8 Å². The number of carbonyl (C=O) groups is 1. The third-order valence-electron chi connectivity index (χ3n) is 5.92. The number of aromatic nitrogens is 2. The molecule has 0 bridgehead atoms. The van der Waals surface area contributed by atoms with E-state index in [-0.39, 0.29) is 11.2 Å². The van der Waals surface area contributed by atoms with Crippen molar-refractivity contribution in [1.29, 1.82) is 0 Å². The number of Topliss-reactive ketones (excluding diaryl/α,β-unsaturated/α-hetero) is 1. The lowest BCUT2D eigenvalue weighted by atomic mass is 9.69. The fraction of sp³-hybridized carbons (Fsp3) is 0.435. The van der Waals surface area contributed by atoms with Crippen molar-refractivity contribution in [3.05, 3.63) is 34.5 Å². The van der Waals surface area contributed by atoms with Crippen LogP contribution in [0.2, 0.25) is 0 Å². The zero-order valence-corrected chi connectivity index (χ0v) is 20.0. The van der Waals surface area contributed by atoms with Gasteiger partial charge in [-0.2, -0.15) is 0 Å². The minimum atomic E-state index is -0.450. The summed E-state index contributed by atoms with van der Waals surface area (Å²) in [6.45, 7) is 4.20. The van der Waals surface area contributed by atoms with Crippen LogP contribution in [-0.2, 0) is 4.79 Å². The number of fused-ring (bicyclic) bond motifs is 1. The summed E-state index contributed by atoms with van der Waals surface area (Å²) >= 11 is 1.42. The molecule has 3 N–H and O–H groups in total. The van der Waals surface area contributed by atoms with Crippen molar-refractivity contribution in [2.45, 2.75) is 37.8 Å². The van der Waals surface area contributed by atoms with Gasteiger partial charge in [0.05, 0.1) is 21.3 Å². The summed E-state index contributed by atoms with van der Waals surface area (Å²) in [7, 11) is 4.69. The molecule has 0 radical (unpaired) electrons. The van der Waals surface area contributed by atoms with Gasteiger partial charge in [0.1, 0.15) is 11.6 Å². The molecule has 0 saturated heterocycles. The second kappa shape index (κ2) is 8.20. The summed E-state index contributed by atoms with van der Waals surface area (Å²) in [5.74, 6) is 2.11. The van der Waals surface area contributed by atoms with Crippen molar-refractivity contribution in [1.82, 2.24) is 9.97 Å². The van der Waals surface area contributed by atoms with Crippen LogP contribution in [0, 0.1) is 5.41 Å². The number of hydrogen-bond acceptors (Lipinski definition) is 9. The number of hydrogen-bond donors (Lipinski definition) is 2. The fourth-order valence-electron chi connectivity index (χ4n) is 4.61. The highest BCUT2D eigenvalue weighted by Gasteiger charge is 2.42. The van der Waals surface area contributed by atoms with Crippen LogP contribution in [0.25, 0.3) is 0 Å². The van der Waals surface area contributed by atoms with Gasteiger partial charge in [-0.1, -0.05) is 25.6 Å². The van der Waals surface area contributed by atoms with Gasteiger partial charge in [-0.25, -0.2) is 9.97 Å². The van der Waals surface area contributed by atoms with Gasteiger partial charge in [0.2, 0.25) is 5.75 Å². The molecule has 2 heterocycles. The molecule has 1 aromatic heterocycles. The zero-order valence-electron chi connectivity index (χ0n) is 19.2. The summed E-state index contributed by atoms with van der Waals surface area (Å²) in [5.41, 5.74) is 9.34. The smallest absolute Gasteiger partial charge is 0.203 e. The third-order valence-corrected chi connectivity index (χ3v) is 6.47. The Kier molecular flexibility index (Phi) is 5.70. The van der Waals surface area contributed by atoms with Crippen molar-refractivity contribution in [2.75, 3.05) is 38.6 Å². The van der Waals surface area contributed by atoms with Crippen LogP contribution in [0.3, 0.4) is 0 Å². The number of nitrogens with zero attached hydrogens (tertiary/aromatic N) is 2. The third kappa shape index (κ3) is 3.64. The van der Waals surface area contributed by atoms with Gasteiger partial charge in [-0.3, -0.25) is 4.79 Å². The highest BCUT2D eigenvalue weighted by atomic mass is 32.2. The first-order chi connectivity index (χ1) is 15.2. The molecule has 1 atom stereocenters. The first kappa shape index (κ1) is 22.3. The number of rotatable bonds is 5. The topological polar surface area (TPSA) is 109 Å². The number of benzene rings is 1. The Balaban J connectivity index is 2.01. The van der Waals surface area contributed by atoms with Crippen LogP contribution < -0.4 is 25.3 Å². The van der Waals surface area contributed by atoms with Gasteiger partial charge in [0.15, 0.2) is 22.4 Å². The summed E-state index contributed by atoms with van der Waals surface area (Å²) in [6.07, 6.45) is 3.08. The minimum Gasteiger partial charge on any atom is -0.493 e. The van der Waals surface area contributed by atoms with Crippen molar-refractivity contribution in [2.24, 2.45) is 5.41 Å². The number of nitrogens with two attached hydrogens (primary N) is 1. The van der Waals surface area contributed by atoms with E-state index >= 15 is 0 Å². The molecule has 1 aliphatic heterocycles. The quantitative estimate of drug-likeness (QED) is 0.509. The molecule has 1 aliphatic carbocycles. The van der Waals surface area contributed by atoms with Gasteiger partial charge in [0.25, 0.3) is 0 Å². The van der Waals surface area contributed by atoms with E-state index in [0.29, 0.717) is 51.6 Å². The number of carbonyl (C=O) groups excluding carboxylic acids is 1. The van der Waals surface area contributed by atoms with Crippen LogP contribution in [0.5, 0.6) is 17.2 Å². The average Bonchev–Trinajstić information content (AvgIpc) is 2.75. The number of thioether (sulfide) groups is 1. The van der Waals surface area contributed by atoms with Crippen molar-refractivity contribution >= 4 is 29.2 Å². The lowest BCUT2D eigenvalue weighted by molar-refractivity contribution is -0.118. The van der Waals surface area contributed by atoms with Gasteiger partial charge in [-0.15, -0.1) is 0 Å². The molecule has 1 aromatic carbocycles. The highest BCUT2D eigenvalue weighted by Crippen LogP contribution is 2.52. The predicted octanol–water partition coefficient (Wildman–Crippen LogP) is 4.01. The lowest BCUT2D eigenvalue weighted by Crippen LogP contribution is -2.34. The van der Waals surface area contributed by atoms with E-state index in [0.717, 1.165) is 17.7 Å².